The lowest BCUT2D eigenvalue weighted by molar-refractivity contribution is 0.00578. The Morgan fingerprint density at radius 2 is 1.73 bits per heavy atom. The van der Waals surface area contributed by atoms with Crippen LogP contribution in [0.25, 0.3) is 20.2 Å². The van der Waals surface area contributed by atoms with Gasteiger partial charge in [-0.3, -0.25) is 0 Å². The smallest absolute Gasteiger partial charge is 0.465 e. The van der Waals surface area contributed by atoms with Crippen LogP contribution in [0.5, 0.6) is 0 Å². The number of hydrogen-bond acceptors (Lipinski definition) is 6. The molecule has 0 unspecified atom stereocenters. The molecule has 0 spiro atoms. The molecule has 0 saturated carbocycles. The third kappa shape index (κ3) is 2.62. The Bertz CT molecular complexity index is 1020. The van der Waals surface area contributed by atoms with E-state index in [4.69, 9.17) is 21.9 Å². The van der Waals surface area contributed by atoms with Crippen molar-refractivity contribution in [2.75, 3.05) is 7.11 Å². The molecule has 4 nitrogen and oxygen atoms in total. The van der Waals surface area contributed by atoms with Crippen LogP contribution < -0.4 is 9.55 Å². The minimum Gasteiger partial charge on any atom is -0.465 e. The quantitative estimate of drug-likeness (QED) is 0.504. The van der Waals surface area contributed by atoms with Crippen molar-refractivity contribution >= 4 is 73.3 Å². The van der Waals surface area contributed by atoms with Crippen LogP contribution in [0, 0.1) is 0 Å². The Morgan fingerprint density at radius 1 is 1.08 bits per heavy atom. The molecule has 1 aromatic carbocycles. The van der Waals surface area contributed by atoms with Gasteiger partial charge in [0.25, 0.3) is 0 Å². The number of carbonyl (C=O) groups is 1. The standard InChI is InChI=1S/C18H18B2O4S2/c1-17(2)18(3,4)24-20(23-17)13-7-9-6-11(16(21)22-5)10-8-12(19)25-15(10)14(9)26-13/h6-8H,1-5H3. The highest BCUT2D eigenvalue weighted by Gasteiger charge is 2.52. The van der Waals surface area contributed by atoms with Crippen LogP contribution in [-0.4, -0.2) is 39.2 Å². The van der Waals surface area contributed by atoms with E-state index in [-0.39, 0.29) is 5.97 Å². The van der Waals surface area contributed by atoms with Crippen LogP contribution in [0.15, 0.2) is 18.2 Å². The van der Waals surface area contributed by atoms with E-state index >= 15 is 0 Å². The molecule has 2 aromatic heterocycles. The number of thiophene rings is 2. The molecule has 132 valence electrons. The van der Waals surface area contributed by atoms with Crippen LogP contribution in [0.1, 0.15) is 38.1 Å². The first kappa shape index (κ1) is 18.0. The van der Waals surface area contributed by atoms with Gasteiger partial charge in [-0.05, 0) is 50.0 Å². The van der Waals surface area contributed by atoms with E-state index in [1.165, 1.54) is 18.4 Å². The van der Waals surface area contributed by atoms with E-state index in [1.54, 1.807) is 11.3 Å². The minimum atomic E-state index is -0.425. The zero-order valence-corrected chi connectivity index (χ0v) is 17.0. The van der Waals surface area contributed by atoms with Crippen LogP contribution >= 0.6 is 22.7 Å². The summed E-state index contributed by atoms with van der Waals surface area (Å²) < 4.78 is 21.0. The van der Waals surface area contributed by atoms with Crippen molar-refractivity contribution in [1.82, 2.24) is 0 Å². The molecule has 3 heterocycles. The molecule has 4 rings (SSSR count). The summed E-state index contributed by atoms with van der Waals surface area (Å²) in [5.74, 6) is -0.363. The predicted octanol–water partition coefficient (Wildman–Crippen LogP) is 3.00. The number of benzene rings is 1. The molecule has 0 atom stereocenters. The molecule has 3 aromatic rings. The summed E-state index contributed by atoms with van der Waals surface area (Å²) in [4.78, 5) is 12.2. The second-order valence-electron chi connectivity index (χ2n) is 7.46. The van der Waals surface area contributed by atoms with Crippen molar-refractivity contribution in [3.63, 3.8) is 0 Å². The van der Waals surface area contributed by atoms with Gasteiger partial charge < -0.3 is 14.0 Å². The molecule has 0 amide bonds. The zero-order chi connectivity index (χ0) is 18.9. The summed E-state index contributed by atoms with van der Waals surface area (Å²) in [7, 11) is 6.98. The molecule has 0 bridgehead atoms. The highest BCUT2D eigenvalue weighted by atomic mass is 32.1. The molecule has 1 aliphatic heterocycles. The van der Waals surface area contributed by atoms with E-state index in [9.17, 15) is 4.79 Å². The number of fused-ring (bicyclic) bond motifs is 3. The van der Waals surface area contributed by atoms with Crippen LogP contribution in [0.4, 0.5) is 0 Å². The van der Waals surface area contributed by atoms with Crippen LogP contribution in [0.3, 0.4) is 0 Å². The number of rotatable bonds is 2. The second kappa shape index (κ2) is 5.83. The largest absolute Gasteiger partial charge is 0.505 e. The Labute approximate surface area is 162 Å². The molecule has 2 radical (unpaired) electrons. The highest BCUT2D eigenvalue weighted by molar-refractivity contribution is 7.34. The van der Waals surface area contributed by atoms with Gasteiger partial charge in [0.15, 0.2) is 0 Å². The molecule has 1 saturated heterocycles. The fourth-order valence-electron chi connectivity index (χ4n) is 3.08. The topological polar surface area (TPSA) is 44.8 Å². The number of methoxy groups -OCH3 is 1. The van der Waals surface area contributed by atoms with Gasteiger partial charge in [0.2, 0.25) is 0 Å². The third-order valence-corrected chi connectivity index (χ3v) is 7.52. The summed E-state index contributed by atoms with van der Waals surface area (Å²) in [6.07, 6.45) is 0. The van der Waals surface area contributed by atoms with Crippen LogP contribution in [-0.2, 0) is 14.0 Å². The third-order valence-electron chi connectivity index (χ3n) is 5.22. The van der Waals surface area contributed by atoms with E-state index in [1.807, 2.05) is 45.9 Å². The maximum atomic E-state index is 12.2. The summed E-state index contributed by atoms with van der Waals surface area (Å²) in [6, 6.07) is 5.73. The molecule has 0 aliphatic carbocycles. The maximum absolute atomic E-state index is 12.2. The molecule has 0 N–H and O–H groups in total. The average Bonchev–Trinajstić information content (AvgIpc) is 3.19. The van der Waals surface area contributed by atoms with Gasteiger partial charge >= 0.3 is 13.1 Å². The Hall–Kier alpha value is -1.34. The number of carbonyl (C=O) groups excluding carboxylic acids is 1. The van der Waals surface area contributed by atoms with Gasteiger partial charge in [-0.1, -0.05) is 6.07 Å². The first-order valence-electron chi connectivity index (χ1n) is 8.32. The number of hydrogen-bond donors (Lipinski definition) is 0. The fraction of sp³-hybridized carbons (Fsp3) is 0.389. The van der Waals surface area contributed by atoms with Gasteiger partial charge in [-0.15, -0.1) is 11.3 Å². The molecular weight excluding hydrogens is 366 g/mol. The van der Waals surface area contributed by atoms with Gasteiger partial charge in [0.1, 0.15) is 7.85 Å². The molecule has 8 heteroatoms. The summed E-state index contributed by atoms with van der Waals surface area (Å²) >= 11 is 3.10. The van der Waals surface area contributed by atoms with E-state index in [0.717, 1.165) is 24.9 Å². The lowest BCUT2D eigenvalue weighted by Gasteiger charge is -2.32. The summed E-state index contributed by atoms with van der Waals surface area (Å²) in [5.41, 5.74) is -0.261. The Kier molecular flexibility index (Phi) is 4.04. The van der Waals surface area contributed by atoms with Gasteiger partial charge in [-0.2, -0.15) is 11.3 Å². The first-order valence-corrected chi connectivity index (χ1v) is 9.96. The van der Waals surface area contributed by atoms with Gasteiger partial charge in [0, 0.05) is 10.2 Å². The predicted molar refractivity (Wildman–Crippen MR) is 110 cm³/mol. The fourth-order valence-corrected chi connectivity index (χ4v) is 5.28. The van der Waals surface area contributed by atoms with E-state index in [2.05, 4.69) is 0 Å². The summed E-state index contributed by atoms with van der Waals surface area (Å²) in [5, 5.41) is 1.80. The second-order valence-corrected chi connectivity index (χ2v) is 9.63. The normalized spacial score (nSPS) is 18.7. The average molecular weight is 384 g/mol. The number of ether oxygens (including phenoxy) is 1. The van der Waals surface area contributed by atoms with Crippen molar-refractivity contribution < 1.29 is 18.8 Å². The van der Waals surface area contributed by atoms with Crippen LogP contribution in [0.2, 0.25) is 0 Å². The minimum absolute atomic E-state index is 0.363. The van der Waals surface area contributed by atoms with Crippen molar-refractivity contribution in [2.24, 2.45) is 0 Å². The summed E-state index contributed by atoms with van der Waals surface area (Å²) in [6.45, 7) is 8.14. The lowest BCUT2D eigenvalue weighted by Crippen LogP contribution is -2.41. The van der Waals surface area contributed by atoms with Gasteiger partial charge in [-0.25, -0.2) is 4.79 Å². The Balaban J connectivity index is 1.88. The van der Waals surface area contributed by atoms with Gasteiger partial charge in [0.05, 0.1) is 33.3 Å². The molecule has 1 fully saturated rings. The Morgan fingerprint density at radius 3 is 2.35 bits per heavy atom. The van der Waals surface area contributed by atoms with Crippen molar-refractivity contribution in [3.8, 4) is 0 Å². The number of esters is 1. The SMILES string of the molecule is [B]c1cc2c(C(=O)OC)cc3cc(B4OC(C)(C)C(C)(C)O4)sc3c2s1. The van der Waals surface area contributed by atoms with Crippen molar-refractivity contribution in [2.45, 2.75) is 38.9 Å². The lowest BCUT2D eigenvalue weighted by atomic mass is 9.87. The molecule has 26 heavy (non-hydrogen) atoms. The van der Waals surface area contributed by atoms with E-state index < -0.39 is 18.3 Å². The van der Waals surface area contributed by atoms with Crippen molar-refractivity contribution in [3.05, 3.63) is 23.8 Å². The van der Waals surface area contributed by atoms with Crippen molar-refractivity contribution in [1.29, 1.82) is 0 Å². The van der Waals surface area contributed by atoms with E-state index in [0.29, 0.717) is 10.3 Å². The first-order chi connectivity index (χ1) is 12.1. The molecular formula is C18H18B2O4S2. The highest BCUT2D eigenvalue weighted by Crippen LogP contribution is 2.39. The monoisotopic (exact) mass is 384 g/mol. The maximum Gasteiger partial charge on any atom is 0.505 e. The zero-order valence-electron chi connectivity index (χ0n) is 15.3. The molecule has 1 aliphatic rings.